The van der Waals surface area contributed by atoms with Gasteiger partial charge >= 0.3 is 6.18 Å². The van der Waals surface area contributed by atoms with Crippen molar-refractivity contribution in [3.8, 4) is 0 Å². The number of benzene rings is 1. The lowest BCUT2D eigenvalue weighted by Crippen LogP contribution is -2.12. The predicted octanol–water partition coefficient (Wildman–Crippen LogP) is 3.16. The Morgan fingerprint density at radius 3 is 2.50 bits per heavy atom. The van der Waals surface area contributed by atoms with Gasteiger partial charge in [-0.3, -0.25) is 4.79 Å². The average Bonchev–Trinajstić information content (AvgIpc) is 2.40. The van der Waals surface area contributed by atoms with E-state index < -0.39 is 11.7 Å². The van der Waals surface area contributed by atoms with Crippen molar-refractivity contribution in [2.45, 2.75) is 12.7 Å². The van der Waals surface area contributed by atoms with Crippen LogP contribution in [0, 0.1) is 0 Å². The van der Waals surface area contributed by atoms with Gasteiger partial charge in [-0.15, -0.1) is 0 Å². The van der Waals surface area contributed by atoms with E-state index in [4.69, 9.17) is 0 Å². The minimum Gasteiger partial charge on any atom is -0.365 e. The van der Waals surface area contributed by atoms with Crippen LogP contribution in [0.15, 0.2) is 39.9 Å². The monoisotopic (exact) mass is 347 g/mol. The number of aromatic nitrogens is 2. The number of rotatable bonds is 3. The third-order valence-corrected chi connectivity index (χ3v) is 3.27. The summed E-state index contributed by atoms with van der Waals surface area (Å²) in [6.45, 7) is 0.257. The lowest BCUT2D eigenvalue weighted by molar-refractivity contribution is -0.137. The van der Waals surface area contributed by atoms with E-state index in [0.717, 1.165) is 12.1 Å². The fourth-order valence-corrected chi connectivity index (χ4v) is 1.86. The molecular weight excluding hydrogens is 339 g/mol. The zero-order valence-corrected chi connectivity index (χ0v) is 11.5. The van der Waals surface area contributed by atoms with Crippen molar-refractivity contribution in [2.24, 2.45) is 0 Å². The van der Waals surface area contributed by atoms with E-state index in [1.54, 1.807) is 0 Å². The molecule has 1 aromatic carbocycles. The van der Waals surface area contributed by atoms with Crippen molar-refractivity contribution in [1.29, 1.82) is 0 Å². The minimum absolute atomic E-state index is 0.243. The first-order chi connectivity index (χ1) is 9.38. The van der Waals surface area contributed by atoms with Gasteiger partial charge in [0.15, 0.2) is 0 Å². The zero-order valence-electron chi connectivity index (χ0n) is 9.96. The van der Waals surface area contributed by atoms with E-state index in [-0.39, 0.29) is 16.6 Å². The Kier molecular flexibility index (Phi) is 4.12. The van der Waals surface area contributed by atoms with E-state index in [1.807, 2.05) is 0 Å². The predicted molar refractivity (Wildman–Crippen MR) is 71.3 cm³/mol. The van der Waals surface area contributed by atoms with Gasteiger partial charge in [-0.1, -0.05) is 12.1 Å². The summed E-state index contributed by atoms with van der Waals surface area (Å²) in [5.74, 6) is 0.327. The molecule has 0 unspecified atom stereocenters. The van der Waals surface area contributed by atoms with Crippen LogP contribution in [0.5, 0.6) is 0 Å². The third kappa shape index (κ3) is 3.38. The number of halogens is 4. The smallest absolute Gasteiger partial charge is 0.365 e. The Balaban J connectivity index is 2.08. The van der Waals surface area contributed by atoms with Gasteiger partial charge in [-0.25, -0.2) is 4.98 Å². The van der Waals surface area contributed by atoms with Gasteiger partial charge in [0.05, 0.1) is 11.9 Å². The molecule has 0 saturated heterocycles. The summed E-state index contributed by atoms with van der Waals surface area (Å²) in [5, 5.41) is 2.87. The molecule has 0 saturated carbocycles. The maximum atomic E-state index is 12.4. The summed E-state index contributed by atoms with van der Waals surface area (Å²) in [6.07, 6.45) is -3.11. The molecule has 4 nitrogen and oxygen atoms in total. The molecule has 0 fully saturated rings. The second-order valence-electron chi connectivity index (χ2n) is 3.94. The number of alkyl halides is 3. The molecule has 0 aliphatic carbocycles. The summed E-state index contributed by atoms with van der Waals surface area (Å²) in [5.41, 5.74) is -0.390. The number of hydrogen-bond donors (Lipinski definition) is 2. The first-order valence-corrected chi connectivity index (χ1v) is 6.30. The number of aromatic amines is 1. The molecule has 1 heterocycles. The molecule has 2 aromatic rings. The largest absolute Gasteiger partial charge is 0.416 e. The number of nitrogens with zero attached hydrogens (tertiary/aromatic N) is 1. The van der Waals surface area contributed by atoms with Gasteiger partial charge in [0, 0.05) is 6.54 Å². The molecule has 0 amide bonds. The van der Waals surface area contributed by atoms with E-state index in [2.05, 4.69) is 31.2 Å². The molecule has 0 atom stereocenters. The second-order valence-corrected chi connectivity index (χ2v) is 4.74. The van der Waals surface area contributed by atoms with Crippen molar-refractivity contribution in [2.75, 3.05) is 5.32 Å². The molecule has 0 radical (unpaired) electrons. The van der Waals surface area contributed by atoms with Gasteiger partial charge in [0.2, 0.25) is 0 Å². The van der Waals surface area contributed by atoms with Crippen LogP contribution in [0.4, 0.5) is 19.0 Å². The van der Waals surface area contributed by atoms with Crippen LogP contribution in [0.3, 0.4) is 0 Å². The SMILES string of the molecule is O=c1[nH]cnc(NCc2ccc(C(F)(F)F)cc2)c1Br. The van der Waals surface area contributed by atoms with Crippen molar-refractivity contribution in [1.82, 2.24) is 9.97 Å². The molecule has 0 aliphatic heterocycles. The normalized spacial score (nSPS) is 11.4. The number of anilines is 1. The van der Waals surface area contributed by atoms with Crippen molar-refractivity contribution in [3.05, 3.63) is 56.5 Å². The number of H-pyrrole nitrogens is 1. The van der Waals surface area contributed by atoms with Gasteiger partial charge in [0.25, 0.3) is 5.56 Å². The molecule has 0 spiro atoms. The Labute approximate surface area is 120 Å². The van der Waals surface area contributed by atoms with E-state index >= 15 is 0 Å². The molecule has 20 heavy (non-hydrogen) atoms. The highest BCUT2D eigenvalue weighted by Crippen LogP contribution is 2.29. The van der Waals surface area contributed by atoms with Gasteiger partial charge < -0.3 is 10.3 Å². The zero-order chi connectivity index (χ0) is 14.8. The minimum atomic E-state index is -4.34. The Morgan fingerprint density at radius 2 is 1.90 bits per heavy atom. The average molecular weight is 348 g/mol. The van der Waals surface area contributed by atoms with Crippen LogP contribution in [0.2, 0.25) is 0 Å². The van der Waals surface area contributed by atoms with Gasteiger partial charge in [-0.05, 0) is 33.6 Å². The number of nitrogens with one attached hydrogen (secondary N) is 2. The van der Waals surface area contributed by atoms with Crippen LogP contribution in [0.1, 0.15) is 11.1 Å². The van der Waals surface area contributed by atoms with E-state index in [1.165, 1.54) is 18.5 Å². The van der Waals surface area contributed by atoms with E-state index in [0.29, 0.717) is 11.4 Å². The third-order valence-electron chi connectivity index (χ3n) is 2.54. The van der Waals surface area contributed by atoms with Crippen molar-refractivity contribution in [3.63, 3.8) is 0 Å². The molecular formula is C12H9BrF3N3O. The second kappa shape index (κ2) is 5.66. The van der Waals surface area contributed by atoms with Crippen LogP contribution < -0.4 is 10.9 Å². The van der Waals surface area contributed by atoms with Crippen LogP contribution in [-0.4, -0.2) is 9.97 Å². The maximum Gasteiger partial charge on any atom is 0.416 e. The Bertz CT molecular complexity index is 652. The highest BCUT2D eigenvalue weighted by molar-refractivity contribution is 9.10. The highest BCUT2D eigenvalue weighted by atomic mass is 79.9. The Hall–Kier alpha value is -1.83. The van der Waals surface area contributed by atoms with Gasteiger partial charge in [-0.2, -0.15) is 13.2 Å². The standard InChI is InChI=1S/C12H9BrF3N3O/c13-9-10(18-6-19-11(9)20)17-5-7-1-3-8(4-2-7)12(14,15)16/h1-4,6H,5H2,(H2,17,18,19,20). The maximum absolute atomic E-state index is 12.4. The molecule has 8 heteroatoms. The summed E-state index contributed by atoms with van der Waals surface area (Å²) in [7, 11) is 0. The molecule has 106 valence electrons. The molecule has 2 N–H and O–H groups in total. The highest BCUT2D eigenvalue weighted by Gasteiger charge is 2.29. The van der Waals surface area contributed by atoms with Crippen LogP contribution in [0.25, 0.3) is 0 Å². The van der Waals surface area contributed by atoms with Gasteiger partial charge in [0.1, 0.15) is 10.3 Å². The van der Waals surface area contributed by atoms with E-state index in [9.17, 15) is 18.0 Å². The summed E-state index contributed by atoms with van der Waals surface area (Å²) < 4.78 is 37.4. The summed E-state index contributed by atoms with van der Waals surface area (Å²) in [4.78, 5) is 17.6. The lowest BCUT2D eigenvalue weighted by atomic mass is 10.1. The van der Waals surface area contributed by atoms with Crippen LogP contribution in [-0.2, 0) is 12.7 Å². The topological polar surface area (TPSA) is 57.8 Å². The Morgan fingerprint density at radius 1 is 1.25 bits per heavy atom. The fourth-order valence-electron chi connectivity index (χ4n) is 1.50. The summed E-state index contributed by atoms with van der Waals surface area (Å²) >= 11 is 3.07. The summed E-state index contributed by atoms with van der Waals surface area (Å²) in [6, 6.07) is 4.77. The molecule has 2 rings (SSSR count). The molecule has 1 aromatic heterocycles. The first kappa shape index (κ1) is 14.6. The first-order valence-electron chi connectivity index (χ1n) is 5.51. The fraction of sp³-hybridized carbons (Fsp3) is 0.167. The van der Waals surface area contributed by atoms with Crippen molar-refractivity contribution < 1.29 is 13.2 Å². The number of hydrogen-bond acceptors (Lipinski definition) is 3. The van der Waals surface area contributed by atoms with Crippen molar-refractivity contribution >= 4 is 21.7 Å². The molecule has 0 aliphatic rings. The van der Waals surface area contributed by atoms with Crippen LogP contribution >= 0.6 is 15.9 Å². The lowest BCUT2D eigenvalue weighted by Gasteiger charge is -2.09. The quantitative estimate of drug-likeness (QED) is 0.896. The molecule has 0 bridgehead atoms.